The summed E-state index contributed by atoms with van der Waals surface area (Å²) in [6.45, 7) is 4.48. The van der Waals surface area contributed by atoms with Gasteiger partial charge in [-0.2, -0.15) is 0 Å². The van der Waals surface area contributed by atoms with Gasteiger partial charge in [-0.15, -0.1) is 0 Å². The van der Waals surface area contributed by atoms with Crippen molar-refractivity contribution < 1.29 is 19.5 Å². The topological polar surface area (TPSA) is 86.7 Å². The van der Waals surface area contributed by atoms with Gasteiger partial charge in [-0.05, 0) is 5.92 Å². The zero-order valence-electron chi connectivity index (χ0n) is 10.5. The molecule has 2 amide bonds. The van der Waals surface area contributed by atoms with E-state index >= 15 is 0 Å². The van der Waals surface area contributed by atoms with Crippen molar-refractivity contribution in [1.82, 2.24) is 10.2 Å². The zero-order valence-corrected chi connectivity index (χ0v) is 10.5. The Bertz CT molecular complexity index is 289. The molecule has 0 aliphatic carbocycles. The van der Waals surface area contributed by atoms with E-state index in [1.54, 1.807) is 0 Å². The van der Waals surface area contributed by atoms with Crippen LogP contribution in [0, 0.1) is 5.92 Å². The van der Waals surface area contributed by atoms with E-state index in [2.05, 4.69) is 5.32 Å². The largest absolute Gasteiger partial charge is 0.481 e. The molecule has 6 heteroatoms. The molecular weight excluding hydrogens is 224 g/mol. The predicted molar refractivity (Wildman–Crippen MR) is 62.4 cm³/mol. The molecule has 2 N–H and O–H groups in total. The average molecular weight is 244 g/mol. The van der Waals surface area contributed by atoms with Crippen LogP contribution in [-0.2, 0) is 14.4 Å². The standard InChI is InChI=1S/C11H20N2O4/c1-8(2)6-12-9(14)7-13(3)10(15)4-5-11(16)17/h8H,4-7H2,1-3H3,(H,12,14)(H,16,17). The third-order valence-electron chi connectivity index (χ3n) is 2.07. The SMILES string of the molecule is CC(C)CNC(=O)CN(C)C(=O)CCC(=O)O. The number of likely N-dealkylation sites (N-methyl/N-ethyl adjacent to an activating group) is 1. The van der Waals surface area contributed by atoms with Crippen LogP contribution in [-0.4, -0.2) is 47.9 Å². The molecule has 0 fully saturated rings. The van der Waals surface area contributed by atoms with Crippen LogP contribution in [0.15, 0.2) is 0 Å². The molecule has 0 aromatic rings. The van der Waals surface area contributed by atoms with Crippen LogP contribution in [0.1, 0.15) is 26.7 Å². The summed E-state index contributed by atoms with van der Waals surface area (Å²) in [7, 11) is 1.49. The number of carbonyl (C=O) groups excluding carboxylic acids is 2. The molecule has 0 heterocycles. The van der Waals surface area contributed by atoms with Crippen molar-refractivity contribution in [3.8, 4) is 0 Å². The molecule has 6 nitrogen and oxygen atoms in total. The van der Waals surface area contributed by atoms with Gasteiger partial charge in [0, 0.05) is 20.0 Å². The lowest BCUT2D eigenvalue weighted by molar-refractivity contribution is -0.141. The molecule has 0 spiro atoms. The summed E-state index contributed by atoms with van der Waals surface area (Å²) in [5.74, 6) is -1.24. The highest BCUT2D eigenvalue weighted by molar-refractivity contribution is 5.86. The van der Waals surface area contributed by atoms with E-state index in [9.17, 15) is 14.4 Å². The fourth-order valence-electron chi connectivity index (χ4n) is 1.08. The Hall–Kier alpha value is -1.59. The number of carboxylic acid groups (broad SMARTS) is 1. The third kappa shape index (κ3) is 8.24. The number of carbonyl (C=O) groups is 3. The van der Waals surface area contributed by atoms with E-state index < -0.39 is 5.97 Å². The molecule has 0 saturated heterocycles. The van der Waals surface area contributed by atoms with Gasteiger partial charge in [0.15, 0.2) is 0 Å². The van der Waals surface area contributed by atoms with Crippen molar-refractivity contribution in [3.05, 3.63) is 0 Å². The number of nitrogens with one attached hydrogen (secondary N) is 1. The fourth-order valence-corrected chi connectivity index (χ4v) is 1.08. The van der Waals surface area contributed by atoms with Crippen LogP contribution in [0.2, 0.25) is 0 Å². The summed E-state index contributed by atoms with van der Waals surface area (Å²) in [6, 6.07) is 0. The lowest BCUT2D eigenvalue weighted by atomic mass is 10.2. The molecule has 0 aromatic heterocycles. The second-order valence-electron chi connectivity index (χ2n) is 4.34. The highest BCUT2D eigenvalue weighted by atomic mass is 16.4. The third-order valence-corrected chi connectivity index (χ3v) is 2.07. The maximum Gasteiger partial charge on any atom is 0.303 e. The first kappa shape index (κ1) is 15.4. The van der Waals surface area contributed by atoms with E-state index in [-0.39, 0.29) is 31.2 Å². The quantitative estimate of drug-likeness (QED) is 0.664. The highest BCUT2D eigenvalue weighted by Gasteiger charge is 2.13. The molecule has 0 bridgehead atoms. The first-order valence-corrected chi connectivity index (χ1v) is 5.55. The van der Waals surface area contributed by atoms with Crippen LogP contribution in [0.3, 0.4) is 0 Å². The van der Waals surface area contributed by atoms with Crippen LogP contribution in [0.5, 0.6) is 0 Å². The van der Waals surface area contributed by atoms with E-state index in [4.69, 9.17) is 5.11 Å². The minimum absolute atomic E-state index is 0.0365. The fraction of sp³-hybridized carbons (Fsp3) is 0.727. The molecule has 0 unspecified atom stereocenters. The molecule has 0 radical (unpaired) electrons. The molecule has 17 heavy (non-hydrogen) atoms. The number of carboxylic acids is 1. The van der Waals surface area contributed by atoms with Gasteiger partial charge >= 0.3 is 5.97 Å². The first-order valence-electron chi connectivity index (χ1n) is 5.55. The van der Waals surface area contributed by atoms with Gasteiger partial charge in [0.05, 0.1) is 13.0 Å². The minimum Gasteiger partial charge on any atom is -0.481 e. The number of hydrogen-bond acceptors (Lipinski definition) is 3. The second-order valence-corrected chi connectivity index (χ2v) is 4.34. The second kappa shape index (κ2) is 7.65. The Morgan fingerprint density at radius 1 is 1.24 bits per heavy atom. The van der Waals surface area contributed by atoms with E-state index in [1.165, 1.54) is 11.9 Å². The monoisotopic (exact) mass is 244 g/mol. The van der Waals surface area contributed by atoms with Crippen molar-refractivity contribution in [3.63, 3.8) is 0 Å². The Balaban J connectivity index is 3.90. The summed E-state index contributed by atoms with van der Waals surface area (Å²) in [5, 5.41) is 11.1. The molecule has 0 aliphatic heterocycles. The minimum atomic E-state index is -1.02. The van der Waals surface area contributed by atoms with Gasteiger partial charge in [0.2, 0.25) is 11.8 Å². The molecule has 0 saturated carbocycles. The maximum atomic E-state index is 11.4. The molecule has 98 valence electrons. The lowest BCUT2D eigenvalue weighted by Gasteiger charge is -2.16. The average Bonchev–Trinajstić information content (AvgIpc) is 2.22. The van der Waals surface area contributed by atoms with E-state index in [0.29, 0.717) is 12.5 Å². The lowest BCUT2D eigenvalue weighted by Crippen LogP contribution is -2.39. The summed E-state index contributed by atoms with van der Waals surface area (Å²) in [6.07, 6.45) is -0.292. The number of rotatable bonds is 7. The van der Waals surface area contributed by atoms with Crippen LogP contribution in [0.25, 0.3) is 0 Å². The molecule has 0 aliphatic rings. The molecule has 0 aromatic carbocycles. The van der Waals surface area contributed by atoms with Crippen molar-refractivity contribution in [2.45, 2.75) is 26.7 Å². The van der Waals surface area contributed by atoms with Gasteiger partial charge < -0.3 is 15.3 Å². The van der Waals surface area contributed by atoms with Gasteiger partial charge in [-0.3, -0.25) is 14.4 Å². The van der Waals surface area contributed by atoms with Gasteiger partial charge in [-0.1, -0.05) is 13.8 Å². The molecular formula is C11H20N2O4. The smallest absolute Gasteiger partial charge is 0.303 e. The van der Waals surface area contributed by atoms with Crippen molar-refractivity contribution in [2.75, 3.05) is 20.1 Å². The summed E-state index contributed by atoms with van der Waals surface area (Å²) >= 11 is 0. The molecule has 0 rings (SSSR count). The summed E-state index contributed by atoms with van der Waals surface area (Å²) < 4.78 is 0. The van der Waals surface area contributed by atoms with Crippen LogP contribution >= 0.6 is 0 Å². The van der Waals surface area contributed by atoms with Crippen LogP contribution in [0.4, 0.5) is 0 Å². The number of nitrogens with zero attached hydrogens (tertiary/aromatic N) is 1. The van der Waals surface area contributed by atoms with E-state index in [1.807, 2.05) is 13.8 Å². The number of amides is 2. The van der Waals surface area contributed by atoms with Crippen LogP contribution < -0.4 is 5.32 Å². The first-order chi connectivity index (χ1) is 7.82. The summed E-state index contributed by atoms with van der Waals surface area (Å²) in [5.41, 5.74) is 0. The summed E-state index contributed by atoms with van der Waals surface area (Å²) in [4.78, 5) is 34.3. The molecule has 0 atom stereocenters. The normalized spacial score (nSPS) is 10.1. The maximum absolute atomic E-state index is 11.4. The van der Waals surface area contributed by atoms with Crippen molar-refractivity contribution >= 4 is 17.8 Å². The van der Waals surface area contributed by atoms with E-state index in [0.717, 1.165) is 0 Å². The zero-order chi connectivity index (χ0) is 13.4. The highest BCUT2D eigenvalue weighted by Crippen LogP contribution is 1.96. The van der Waals surface area contributed by atoms with Gasteiger partial charge in [0.1, 0.15) is 0 Å². The predicted octanol–water partition coefficient (Wildman–Crippen LogP) is 0.0818. The Labute approximate surface area is 101 Å². The number of aliphatic carboxylic acids is 1. The van der Waals surface area contributed by atoms with Gasteiger partial charge in [-0.25, -0.2) is 0 Å². The Kier molecular flexibility index (Phi) is 6.93. The van der Waals surface area contributed by atoms with Crippen molar-refractivity contribution in [2.24, 2.45) is 5.92 Å². The number of hydrogen-bond donors (Lipinski definition) is 2. The Morgan fingerprint density at radius 2 is 1.82 bits per heavy atom. The van der Waals surface area contributed by atoms with Gasteiger partial charge in [0.25, 0.3) is 0 Å². The van der Waals surface area contributed by atoms with Crippen molar-refractivity contribution in [1.29, 1.82) is 0 Å². The Morgan fingerprint density at radius 3 is 2.29 bits per heavy atom.